The minimum atomic E-state index is -4.94. The molecule has 110 valence electrons. The Hall–Kier alpha value is -1.54. The van der Waals surface area contributed by atoms with E-state index >= 15 is 0 Å². The third-order valence-electron chi connectivity index (χ3n) is 2.54. The zero-order valence-electron chi connectivity index (χ0n) is 10.9. The summed E-state index contributed by atoms with van der Waals surface area (Å²) in [5.41, 5.74) is 3.37. The lowest BCUT2D eigenvalue weighted by atomic mass is 10.2. The number of fused-ring (bicyclic) bond motifs is 1. The SMILES string of the molecule is Cc1ccc(-c2[o+]c3ccccc3s2)cc1.[O-][Cl+3]([O-])([O-])[O-]. The van der Waals surface area contributed by atoms with Crippen LogP contribution in [-0.4, -0.2) is 0 Å². The summed E-state index contributed by atoms with van der Waals surface area (Å²) in [6.45, 7) is 2.09. The molecule has 0 aliphatic heterocycles. The summed E-state index contributed by atoms with van der Waals surface area (Å²) in [7, 11) is -4.94. The quantitative estimate of drug-likeness (QED) is 0.585. The molecule has 0 radical (unpaired) electrons. The van der Waals surface area contributed by atoms with Crippen LogP contribution in [0.2, 0.25) is 0 Å². The maximum Gasteiger partial charge on any atom is 0.418 e. The Morgan fingerprint density at radius 2 is 1.48 bits per heavy atom. The highest BCUT2D eigenvalue weighted by atomic mass is 35.7. The van der Waals surface area contributed by atoms with E-state index in [1.54, 1.807) is 11.3 Å². The monoisotopic (exact) mass is 326 g/mol. The largest absolute Gasteiger partial charge is 0.418 e. The van der Waals surface area contributed by atoms with Gasteiger partial charge in [0, 0.05) is 6.07 Å². The van der Waals surface area contributed by atoms with Crippen molar-refractivity contribution < 1.29 is 33.3 Å². The number of para-hydroxylation sites is 1. The summed E-state index contributed by atoms with van der Waals surface area (Å²) in [5, 5.41) is 0.973. The number of halogens is 1. The number of benzene rings is 2. The van der Waals surface area contributed by atoms with Crippen molar-refractivity contribution in [3.05, 3.63) is 54.1 Å². The van der Waals surface area contributed by atoms with Gasteiger partial charge in [0.15, 0.2) is 0 Å². The van der Waals surface area contributed by atoms with Crippen LogP contribution in [0.25, 0.3) is 20.9 Å². The molecule has 5 nitrogen and oxygen atoms in total. The summed E-state index contributed by atoms with van der Waals surface area (Å²) in [6.07, 6.45) is 0. The molecule has 1 aromatic heterocycles. The van der Waals surface area contributed by atoms with E-state index in [1.807, 2.05) is 18.2 Å². The molecule has 0 aliphatic rings. The molecule has 0 saturated carbocycles. The van der Waals surface area contributed by atoms with Gasteiger partial charge in [-0.15, -0.1) is 10.2 Å². The molecule has 0 saturated heterocycles. The van der Waals surface area contributed by atoms with Gasteiger partial charge in [0.25, 0.3) is 0 Å². The second-order valence-electron chi connectivity index (χ2n) is 4.18. The Kier molecular flexibility index (Phi) is 4.89. The third kappa shape index (κ3) is 5.05. The summed E-state index contributed by atoms with van der Waals surface area (Å²) in [6, 6.07) is 16.5. The average molecular weight is 327 g/mol. The van der Waals surface area contributed by atoms with E-state index in [2.05, 4.69) is 37.3 Å². The fourth-order valence-electron chi connectivity index (χ4n) is 1.65. The van der Waals surface area contributed by atoms with Crippen molar-refractivity contribution in [2.75, 3.05) is 0 Å². The fraction of sp³-hybridized carbons (Fsp3) is 0.0714. The summed E-state index contributed by atoms with van der Waals surface area (Å²) in [5.74, 6) is 0. The van der Waals surface area contributed by atoms with Gasteiger partial charge < -0.3 is 0 Å². The van der Waals surface area contributed by atoms with Gasteiger partial charge >= 0.3 is 10.7 Å². The van der Waals surface area contributed by atoms with Crippen molar-refractivity contribution >= 4 is 21.6 Å². The minimum Gasteiger partial charge on any atom is -0.222 e. The number of hydrogen-bond donors (Lipinski definition) is 0. The van der Waals surface area contributed by atoms with Crippen molar-refractivity contribution in [1.82, 2.24) is 0 Å². The van der Waals surface area contributed by atoms with Gasteiger partial charge in [-0.3, -0.25) is 0 Å². The van der Waals surface area contributed by atoms with E-state index in [0.29, 0.717) is 0 Å². The zero-order valence-corrected chi connectivity index (χ0v) is 12.5. The Morgan fingerprint density at radius 3 is 2.05 bits per heavy atom. The van der Waals surface area contributed by atoms with Crippen molar-refractivity contribution in [3.63, 3.8) is 0 Å². The first-order chi connectivity index (χ1) is 9.83. The third-order valence-corrected chi connectivity index (χ3v) is 3.60. The lowest BCUT2D eigenvalue weighted by molar-refractivity contribution is -2.00. The van der Waals surface area contributed by atoms with Gasteiger partial charge in [0.05, 0.1) is 5.56 Å². The highest BCUT2D eigenvalue weighted by molar-refractivity contribution is 7.21. The highest BCUT2D eigenvalue weighted by Gasteiger charge is 2.18. The van der Waals surface area contributed by atoms with Gasteiger partial charge in [-0.1, -0.05) is 29.8 Å². The van der Waals surface area contributed by atoms with Gasteiger partial charge in [-0.05, 0) is 36.5 Å². The molecule has 0 N–H and O–H groups in total. The molecule has 0 amide bonds. The predicted octanol–water partition coefficient (Wildman–Crippen LogP) is -0.00518. The lowest BCUT2D eigenvalue weighted by Gasteiger charge is -2.17. The second-order valence-corrected chi connectivity index (χ2v) is 5.95. The summed E-state index contributed by atoms with van der Waals surface area (Å²) < 4.78 is 41.0. The van der Waals surface area contributed by atoms with Crippen molar-refractivity contribution in [2.45, 2.75) is 6.92 Å². The Labute approximate surface area is 127 Å². The Morgan fingerprint density at radius 1 is 0.905 bits per heavy atom. The van der Waals surface area contributed by atoms with Crippen LogP contribution in [0, 0.1) is 17.2 Å². The Bertz CT molecular complexity index is 679. The second kappa shape index (κ2) is 6.48. The van der Waals surface area contributed by atoms with Crippen LogP contribution in [0.5, 0.6) is 0 Å². The van der Waals surface area contributed by atoms with E-state index < -0.39 is 10.2 Å². The lowest BCUT2D eigenvalue weighted by Crippen LogP contribution is -2.68. The van der Waals surface area contributed by atoms with Crippen molar-refractivity contribution in [3.8, 4) is 10.6 Å². The zero-order chi connectivity index (χ0) is 15.5. The van der Waals surface area contributed by atoms with Crippen LogP contribution in [0.15, 0.2) is 52.9 Å². The molecule has 2 aromatic carbocycles. The van der Waals surface area contributed by atoms with Crippen LogP contribution in [-0.2, 0) is 0 Å². The van der Waals surface area contributed by atoms with Crippen molar-refractivity contribution in [1.29, 1.82) is 0 Å². The predicted molar refractivity (Wildman–Crippen MR) is 68.7 cm³/mol. The summed E-state index contributed by atoms with van der Waals surface area (Å²) >= 11 is 1.69. The molecule has 0 atom stereocenters. The molecular formula is C14H11ClO5S. The van der Waals surface area contributed by atoms with E-state index in [0.717, 1.165) is 16.2 Å². The summed E-state index contributed by atoms with van der Waals surface area (Å²) in [4.78, 5) is 0. The first kappa shape index (κ1) is 15.8. The van der Waals surface area contributed by atoms with Crippen LogP contribution in [0.1, 0.15) is 5.56 Å². The van der Waals surface area contributed by atoms with Gasteiger partial charge in [0.2, 0.25) is 0 Å². The van der Waals surface area contributed by atoms with E-state index in [-0.39, 0.29) is 0 Å². The number of aryl methyl sites for hydroxylation is 1. The van der Waals surface area contributed by atoms with E-state index in [4.69, 9.17) is 23.1 Å². The van der Waals surface area contributed by atoms with Gasteiger partial charge in [-0.2, -0.15) is 4.42 Å². The first-order valence-electron chi connectivity index (χ1n) is 5.83. The average Bonchev–Trinajstić information content (AvgIpc) is 2.81. The molecule has 0 fully saturated rings. The van der Waals surface area contributed by atoms with E-state index in [1.165, 1.54) is 10.3 Å². The molecule has 3 rings (SSSR count). The molecule has 21 heavy (non-hydrogen) atoms. The molecule has 0 unspecified atom stereocenters. The molecule has 7 heteroatoms. The minimum absolute atomic E-state index is 0.961. The normalized spacial score (nSPS) is 11.1. The molecule has 1 heterocycles. The first-order valence-corrected chi connectivity index (χ1v) is 7.88. The van der Waals surface area contributed by atoms with E-state index in [9.17, 15) is 0 Å². The fourth-order valence-corrected chi connectivity index (χ4v) is 2.59. The maximum absolute atomic E-state index is 8.49. The molecule has 3 aromatic rings. The number of rotatable bonds is 1. The Balaban J connectivity index is 0.000000282. The standard InChI is InChI=1S/C14H11OS.ClHO4/c1-10-6-8-11(9-7-10)14-15-12-4-2-3-5-13(12)16-14;2-1(3,4)5/h2-9H,1H3;(H,2,3,4,5)/q+1;/p-1. The highest BCUT2D eigenvalue weighted by Crippen LogP contribution is 2.33. The molecule has 0 aliphatic carbocycles. The van der Waals surface area contributed by atoms with Crippen molar-refractivity contribution in [2.24, 2.45) is 0 Å². The molecule has 0 spiro atoms. The number of hydrogen-bond acceptors (Lipinski definition) is 5. The molecular weight excluding hydrogens is 316 g/mol. The van der Waals surface area contributed by atoms with Crippen LogP contribution in [0.4, 0.5) is 0 Å². The van der Waals surface area contributed by atoms with Crippen LogP contribution in [0.3, 0.4) is 0 Å². The van der Waals surface area contributed by atoms with Crippen LogP contribution >= 0.6 is 11.3 Å². The smallest absolute Gasteiger partial charge is 0.222 e. The maximum atomic E-state index is 8.49. The van der Waals surface area contributed by atoms with Gasteiger partial charge in [-0.25, -0.2) is 18.6 Å². The van der Waals surface area contributed by atoms with Gasteiger partial charge in [0.1, 0.15) is 4.70 Å². The van der Waals surface area contributed by atoms with Crippen LogP contribution < -0.4 is 18.6 Å². The topological polar surface area (TPSA) is 104 Å². The molecule has 0 bridgehead atoms.